The standard InChI is InChI=1S/C12H23N3.HI/c1-12(2,3)15-11(13)14-10-7-9(10)8-5-4-6-8;/h8-10H,4-7H2,1-3H3,(H3,13,14,15);1H/t9-,10+;/m0./s1. The summed E-state index contributed by atoms with van der Waals surface area (Å²) in [6.07, 6.45) is 5.52. The highest BCUT2D eigenvalue weighted by Crippen LogP contribution is 2.48. The van der Waals surface area contributed by atoms with E-state index in [-0.39, 0.29) is 29.5 Å². The Morgan fingerprint density at radius 1 is 1.31 bits per heavy atom. The number of guanidine groups is 1. The fourth-order valence-corrected chi connectivity index (χ4v) is 2.32. The van der Waals surface area contributed by atoms with Gasteiger partial charge >= 0.3 is 0 Å². The number of halogens is 1. The van der Waals surface area contributed by atoms with Crippen LogP contribution in [0.15, 0.2) is 4.99 Å². The smallest absolute Gasteiger partial charge is 0.189 e. The lowest BCUT2D eigenvalue weighted by Gasteiger charge is -2.25. The van der Waals surface area contributed by atoms with Crippen LogP contribution in [0.25, 0.3) is 0 Å². The first kappa shape index (κ1) is 14.1. The second-order valence-corrected chi connectivity index (χ2v) is 6.05. The third-order valence-electron chi connectivity index (χ3n) is 3.37. The molecule has 2 aliphatic carbocycles. The molecular formula is C12H24IN3. The summed E-state index contributed by atoms with van der Waals surface area (Å²) in [7, 11) is 0. The molecule has 16 heavy (non-hydrogen) atoms. The van der Waals surface area contributed by atoms with Crippen LogP contribution in [0.5, 0.6) is 0 Å². The van der Waals surface area contributed by atoms with Crippen LogP contribution in [0.1, 0.15) is 46.5 Å². The van der Waals surface area contributed by atoms with Gasteiger partial charge in [-0.2, -0.15) is 0 Å². The lowest BCUT2D eigenvalue weighted by molar-refractivity contribution is 0.273. The Kier molecular flexibility index (Phi) is 4.49. The number of hydrogen-bond donors (Lipinski definition) is 2. The third kappa shape index (κ3) is 3.79. The van der Waals surface area contributed by atoms with Crippen LogP contribution >= 0.6 is 24.0 Å². The summed E-state index contributed by atoms with van der Waals surface area (Å²) in [6.45, 7) is 6.31. The van der Waals surface area contributed by atoms with Gasteiger partial charge in [0.2, 0.25) is 0 Å². The highest BCUT2D eigenvalue weighted by atomic mass is 127. The summed E-state index contributed by atoms with van der Waals surface area (Å²) in [6, 6.07) is 0.519. The second-order valence-electron chi connectivity index (χ2n) is 6.05. The SMILES string of the molecule is CC(C)(C)NC(N)=N[C@@H]1C[C@H]1C1CCC1.I. The Labute approximate surface area is 116 Å². The van der Waals surface area contributed by atoms with Crippen molar-refractivity contribution in [2.75, 3.05) is 0 Å². The molecule has 0 unspecified atom stereocenters. The van der Waals surface area contributed by atoms with Gasteiger partial charge in [-0.1, -0.05) is 19.3 Å². The minimum absolute atomic E-state index is 0. The number of hydrogen-bond acceptors (Lipinski definition) is 1. The van der Waals surface area contributed by atoms with Gasteiger partial charge in [0.1, 0.15) is 0 Å². The zero-order valence-corrected chi connectivity index (χ0v) is 12.8. The normalized spacial score (nSPS) is 30.3. The Morgan fingerprint density at radius 3 is 2.38 bits per heavy atom. The molecule has 3 N–H and O–H groups in total. The number of aliphatic imine (C=N–C) groups is 1. The van der Waals surface area contributed by atoms with Gasteiger partial charge < -0.3 is 11.1 Å². The molecule has 3 nitrogen and oxygen atoms in total. The van der Waals surface area contributed by atoms with Crippen molar-refractivity contribution >= 4 is 29.9 Å². The molecule has 0 amide bonds. The van der Waals surface area contributed by atoms with Gasteiger partial charge in [-0.3, -0.25) is 0 Å². The Morgan fingerprint density at radius 2 is 1.94 bits per heavy atom. The van der Waals surface area contributed by atoms with Gasteiger partial charge in [0.15, 0.2) is 5.96 Å². The van der Waals surface area contributed by atoms with E-state index in [1.807, 2.05) is 0 Å². The molecule has 0 heterocycles. The maximum absolute atomic E-state index is 5.86. The van der Waals surface area contributed by atoms with E-state index in [1.54, 1.807) is 0 Å². The molecule has 0 aliphatic heterocycles. The predicted molar refractivity (Wildman–Crippen MR) is 79.2 cm³/mol. The molecule has 0 aromatic rings. The first-order valence-electron chi connectivity index (χ1n) is 6.07. The zero-order valence-electron chi connectivity index (χ0n) is 10.5. The van der Waals surface area contributed by atoms with Crippen LogP contribution in [0.3, 0.4) is 0 Å². The van der Waals surface area contributed by atoms with Gasteiger partial charge in [-0.15, -0.1) is 24.0 Å². The van der Waals surface area contributed by atoms with Crippen molar-refractivity contribution in [2.24, 2.45) is 22.6 Å². The summed E-state index contributed by atoms with van der Waals surface area (Å²) in [5.74, 6) is 2.43. The minimum atomic E-state index is 0. The quantitative estimate of drug-likeness (QED) is 0.462. The molecule has 2 fully saturated rings. The summed E-state index contributed by atoms with van der Waals surface area (Å²) in [5, 5.41) is 3.21. The molecule has 2 aliphatic rings. The van der Waals surface area contributed by atoms with Gasteiger partial charge in [0.25, 0.3) is 0 Å². The summed E-state index contributed by atoms with van der Waals surface area (Å²) in [5.41, 5.74) is 5.88. The van der Waals surface area contributed by atoms with Gasteiger partial charge in [0.05, 0.1) is 6.04 Å². The first-order valence-corrected chi connectivity index (χ1v) is 6.07. The van der Waals surface area contributed by atoms with E-state index in [1.165, 1.54) is 25.7 Å². The molecule has 2 saturated carbocycles. The van der Waals surface area contributed by atoms with E-state index in [9.17, 15) is 0 Å². The van der Waals surface area contributed by atoms with E-state index >= 15 is 0 Å². The fourth-order valence-electron chi connectivity index (χ4n) is 2.32. The number of rotatable bonds is 2. The molecule has 94 valence electrons. The molecule has 2 atom stereocenters. The first-order chi connectivity index (χ1) is 6.96. The van der Waals surface area contributed by atoms with E-state index < -0.39 is 0 Å². The second kappa shape index (κ2) is 5.10. The van der Waals surface area contributed by atoms with Crippen LogP contribution in [-0.4, -0.2) is 17.5 Å². The van der Waals surface area contributed by atoms with E-state index in [0.29, 0.717) is 12.0 Å². The van der Waals surface area contributed by atoms with E-state index in [0.717, 1.165) is 11.8 Å². The van der Waals surface area contributed by atoms with Crippen molar-refractivity contribution in [1.82, 2.24) is 5.32 Å². The zero-order chi connectivity index (χ0) is 11.1. The lowest BCUT2D eigenvalue weighted by atomic mass is 9.81. The monoisotopic (exact) mass is 337 g/mol. The van der Waals surface area contributed by atoms with Crippen molar-refractivity contribution in [3.05, 3.63) is 0 Å². The average Bonchev–Trinajstić information content (AvgIpc) is 2.58. The third-order valence-corrected chi connectivity index (χ3v) is 3.37. The molecule has 4 heteroatoms. The lowest BCUT2D eigenvalue weighted by Crippen LogP contribution is -2.45. The van der Waals surface area contributed by atoms with Crippen molar-refractivity contribution < 1.29 is 0 Å². The molecule has 0 bridgehead atoms. The van der Waals surface area contributed by atoms with Crippen molar-refractivity contribution in [3.8, 4) is 0 Å². The van der Waals surface area contributed by atoms with E-state index in [2.05, 4.69) is 31.1 Å². The van der Waals surface area contributed by atoms with Crippen molar-refractivity contribution in [2.45, 2.75) is 58.0 Å². The molecule has 0 radical (unpaired) electrons. The molecule has 2 rings (SSSR count). The summed E-state index contributed by atoms with van der Waals surface area (Å²) in [4.78, 5) is 4.54. The topological polar surface area (TPSA) is 50.4 Å². The molecule has 0 spiro atoms. The molecule has 0 aromatic carbocycles. The predicted octanol–water partition coefficient (Wildman–Crippen LogP) is 2.50. The highest BCUT2D eigenvalue weighted by molar-refractivity contribution is 14.0. The average molecular weight is 337 g/mol. The van der Waals surface area contributed by atoms with Gasteiger partial charge in [-0.25, -0.2) is 4.99 Å². The highest BCUT2D eigenvalue weighted by Gasteiger charge is 2.45. The molecule has 0 saturated heterocycles. The summed E-state index contributed by atoms with van der Waals surface area (Å²) < 4.78 is 0. The van der Waals surface area contributed by atoms with Gasteiger partial charge in [-0.05, 0) is 39.0 Å². The van der Waals surface area contributed by atoms with Crippen LogP contribution < -0.4 is 11.1 Å². The fraction of sp³-hybridized carbons (Fsp3) is 0.917. The van der Waals surface area contributed by atoms with E-state index in [4.69, 9.17) is 5.73 Å². The van der Waals surface area contributed by atoms with Crippen LogP contribution in [0.4, 0.5) is 0 Å². The van der Waals surface area contributed by atoms with Crippen molar-refractivity contribution in [3.63, 3.8) is 0 Å². The molecular weight excluding hydrogens is 313 g/mol. The van der Waals surface area contributed by atoms with Gasteiger partial charge in [0, 0.05) is 5.54 Å². The van der Waals surface area contributed by atoms with Crippen LogP contribution in [-0.2, 0) is 0 Å². The molecule has 0 aromatic heterocycles. The maximum Gasteiger partial charge on any atom is 0.189 e. The number of nitrogens with one attached hydrogen (secondary N) is 1. The maximum atomic E-state index is 5.86. The van der Waals surface area contributed by atoms with Crippen molar-refractivity contribution in [1.29, 1.82) is 0 Å². The Hall–Kier alpha value is 0. The Bertz CT molecular complexity index is 266. The Balaban J connectivity index is 0.00000128. The summed E-state index contributed by atoms with van der Waals surface area (Å²) >= 11 is 0. The minimum Gasteiger partial charge on any atom is -0.370 e. The largest absolute Gasteiger partial charge is 0.370 e. The number of nitrogens with zero attached hydrogens (tertiary/aromatic N) is 1. The van der Waals surface area contributed by atoms with Crippen LogP contribution in [0.2, 0.25) is 0 Å². The number of nitrogens with two attached hydrogens (primary N) is 1. The van der Waals surface area contributed by atoms with Crippen LogP contribution in [0, 0.1) is 11.8 Å².